The molecule has 0 atom stereocenters. The molecule has 0 spiro atoms. The minimum absolute atomic E-state index is 0.0587. The Morgan fingerprint density at radius 3 is 2.69 bits per heavy atom. The minimum atomic E-state index is -0.0587. The van der Waals surface area contributed by atoms with Crippen molar-refractivity contribution in [3.63, 3.8) is 0 Å². The second kappa shape index (κ2) is 4.50. The number of anilines is 1. The van der Waals surface area contributed by atoms with Crippen LogP contribution < -0.4 is 10.6 Å². The fraction of sp³-hybridized carbons (Fsp3) is 0.300. The number of hydrogen-bond acceptors (Lipinski definition) is 2. The van der Waals surface area contributed by atoms with E-state index in [1.165, 1.54) is 0 Å². The molecule has 0 saturated carbocycles. The molecule has 0 aliphatic carbocycles. The summed E-state index contributed by atoms with van der Waals surface area (Å²) in [6, 6.07) is 7.46. The van der Waals surface area contributed by atoms with Crippen molar-refractivity contribution < 1.29 is 4.79 Å². The molecule has 0 aromatic heterocycles. The summed E-state index contributed by atoms with van der Waals surface area (Å²) < 4.78 is 0. The van der Waals surface area contributed by atoms with Gasteiger partial charge in [0.1, 0.15) is 0 Å². The predicted molar refractivity (Wildman–Crippen MR) is 54.0 cm³/mol. The summed E-state index contributed by atoms with van der Waals surface area (Å²) in [7, 11) is 1.63. The maximum absolute atomic E-state index is 11.4. The van der Waals surface area contributed by atoms with Gasteiger partial charge in [-0.15, -0.1) is 0 Å². The monoisotopic (exact) mass is 178 g/mol. The number of nitrogens with one attached hydrogen (secondary N) is 2. The van der Waals surface area contributed by atoms with E-state index in [9.17, 15) is 4.79 Å². The smallest absolute Gasteiger partial charge is 0.253 e. The minimum Gasteiger partial charge on any atom is -0.385 e. The first kappa shape index (κ1) is 9.58. The fourth-order valence-corrected chi connectivity index (χ4v) is 1.16. The van der Waals surface area contributed by atoms with Crippen molar-refractivity contribution in [1.29, 1.82) is 0 Å². The highest BCUT2D eigenvalue weighted by Gasteiger charge is 2.06. The van der Waals surface area contributed by atoms with Crippen molar-refractivity contribution in [2.24, 2.45) is 0 Å². The highest BCUT2D eigenvalue weighted by atomic mass is 16.1. The number of benzene rings is 1. The van der Waals surface area contributed by atoms with Gasteiger partial charge in [0, 0.05) is 19.3 Å². The van der Waals surface area contributed by atoms with Crippen LogP contribution in [0.25, 0.3) is 0 Å². The Balaban J connectivity index is 2.97. The Kier molecular flexibility index (Phi) is 3.31. The zero-order valence-electron chi connectivity index (χ0n) is 7.92. The Bertz CT molecular complexity index is 297. The number of carbonyl (C=O) groups excluding carboxylic acids is 1. The van der Waals surface area contributed by atoms with Gasteiger partial charge in [-0.3, -0.25) is 4.79 Å². The van der Waals surface area contributed by atoms with Gasteiger partial charge in [0.25, 0.3) is 5.91 Å². The molecule has 0 aliphatic heterocycles. The second-order valence-electron chi connectivity index (χ2n) is 2.66. The van der Waals surface area contributed by atoms with Crippen LogP contribution >= 0.6 is 0 Å². The molecule has 0 unspecified atom stereocenters. The van der Waals surface area contributed by atoms with Gasteiger partial charge in [-0.2, -0.15) is 0 Å². The van der Waals surface area contributed by atoms with Crippen LogP contribution in [0.2, 0.25) is 0 Å². The van der Waals surface area contributed by atoms with Crippen LogP contribution in [0.4, 0.5) is 5.69 Å². The average Bonchev–Trinajstić information content (AvgIpc) is 2.18. The molecular formula is C10H14N2O. The van der Waals surface area contributed by atoms with Gasteiger partial charge >= 0.3 is 0 Å². The van der Waals surface area contributed by atoms with Gasteiger partial charge in [-0.25, -0.2) is 0 Å². The first-order valence-electron chi connectivity index (χ1n) is 4.34. The molecule has 0 radical (unpaired) electrons. The van der Waals surface area contributed by atoms with Crippen LogP contribution in [-0.4, -0.2) is 19.5 Å². The summed E-state index contributed by atoms with van der Waals surface area (Å²) >= 11 is 0. The maximum atomic E-state index is 11.4. The van der Waals surface area contributed by atoms with Crippen LogP contribution in [0, 0.1) is 0 Å². The lowest BCUT2D eigenvalue weighted by atomic mass is 10.1. The van der Waals surface area contributed by atoms with Crippen molar-refractivity contribution in [3.8, 4) is 0 Å². The lowest BCUT2D eigenvalue weighted by Gasteiger charge is -2.08. The molecule has 0 aliphatic rings. The molecule has 3 heteroatoms. The lowest BCUT2D eigenvalue weighted by molar-refractivity contribution is 0.0964. The highest BCUT2D eigenvalue weighted by molar-refractivity contribution is 5.99. The average molecular weight is 178 g/mol. The normalized spacial score (nSPS) is 9.38. The summed E-state index contributed by atoms with van der Waals surface area (Å²) in [6.45, 7) is 2.81. The Morgan fingerprint density at radius 2 is 2.08 bits per heavy atom. The molecule has 0 saturated heterocycles. The molecule has 0 bridgehead atoms. The van der Waals surface area contributed by atoms with E-state index in [-0.39, 0.29) is 5.91 Å². The molecule has 1 aromatic rings. The van der Waals surface area contributed by atoms with E-state index in [1.807, 2.05) is 25.1 Å². The van der Waals surface area contributed by atoms with E-state index < -0.39 is 0 Å². The zero-order valence-corrected chi connectivity index (χ0v) is 7.92. The van der Waals surface area contributed by atoms with Crippen LogP contribution in [-0.2, 0) is 0 Å². The Hall–Kier alpha value is -1.51. The van der Waals surface area contributed by atoms with Crippen LogP contribution in [0.15, 0.2) is 24.3 Å². The third kappa shape index (κ3) is 2.21. The first-order chi connectivity index (χ1) is 6.29. The standard InChI is InChI=1S/C10H14N2O/c1-3-12-9-7-5-4-6-8(9)10(13)11-2/h4-7,12H,3H2,1-2H3,(H,11,13). The Morgan fingerprint density at radius 1 is 1.38 bits per heavy atom. The number of carbonyl (C=O) groups is 1. The summed E-state index contributed by atoms with van der Waals surface area (Å²) in [6.07, 6.45) is 0. The fourth-order valence-electron chi connectivity index (χ4n) is 1.16. The van der Waals surface area contributed by atoms with Crippen molar-refractivity contribution in [3.05, 3.63) is 29.8 Å². The van der Waals surface area contributed by atoms with Crippen molar-refractivity contribution in [2.75, 3.05) is 18.9 Å². The third-order valence-electron chi connectivity index (χ3n) is 1.77. The largest absolute Gasteiger partial charge is 0.385 e. The number of hydrogen-bond donors (Lipinski definition) is 2. The molecule has 70 valence electrons. The summed E-state index contributed by atoms with van der Waals surface area (Å²) in [5.74, 6) is -0.0587. The van der Waals surface area contributed by atoms with Gasteiger partial charge in [-0.1, -0.05) is 12.1 Å². The molecule has 1 amide bonds. The van der Waals surface area contributed by atoms with Crippen LogP contribution in [0.5, 0.6) is 0 Å². The Labute approximate surface area is 78.2 Å². The number of amides is 1. The quantitative estimate of drug-likeness (QED) is 0.736. The molecular weight excluding hydrogens is 164 g/mol. The van der Waals surface area contributed by atoms with E-state index >= 15 is 0 Å². The lowest BCUT2D eigenvalue weighted by Crippen LogP contribution is -2.19. The third-order valence-corrected chi connectivity index (χ3v) is 1.77. The second-order valence-corrected chi connectivity index (χ2v) is 2.66. The van der Waals surface area contributed by atoms with Gasteiger partial charge in [0.2, 0.25) is 0 Å². The first-order valence-corrected chi connectivity index (χ1v) is 4.34. The maximum Gasteiger partial charge on any atom is 0.253 e. The van der Waals surface area contributed by atoms with Crippen molar-refractivity contribution in [1.82, 2.24) is 5.32 Å². The molecule has 13 heavy (non-hydrogen) atoms. The SMILES string of the molecule is CCNc1ccccc1C(=O)NC. The van der Waals surface area contributed by atoms with Gasteiger partial charge in [-0.05, 0) is 19.1 Å². The molecule has 1 aromatic carbocycles. The van der Waals surface area contributed by atoms with E-state index in [4.69, 9.17) is 0 Å². The van der Waals surface area contributed by atoms with E-state index in [2.05, 4.69) is 10.6 Å². The van der Waals surface area contributed by atoms with E-state index in [1.54, 1.807) is 13.1 Å². The highest BCUT2D eigenvalue weighted by Crippen LogP contribution is 2.13. The predicted octanol–water partition coefficient (Wildman–Crippen LogP) is 1.48. The van der Waals surface area contributed by atoms with E-state index in [0.717, 1.165) is 12.2 Å². The summed E-state index contributed by atoms with van der Waals surface area (Å²) in [5.41, 5.74) is 1.57. The molecule has 0 fully saturated rings. The number of para-hydroxylation sites is 1. The van der Waals surface area contributed by atoms with Crippen molar-refractivity contribution in [2.45, 2.75) is 6.92 Å². The van der Waals surface area contributed by atoms with Gasteiger partial charge in [0.15, 0.2) is 0 Å². The molecule has 2 N–H and O–H groups in total. The van der Waals surface area contributed by atoms with Gasteiger partial charge < -0.3 is 10.6 Å². The number of rotatable bonds is 3. The molecule has 1 rings (SSSR count). The topological polar surface area (TPSA) is 41.1 Å². The molecule has 0 heterocycles. The van der Waals surface area contributed by atoms with Gasteiger partial charge in [0.05, 0.1) is 5.56 Å². The summed E-state index contributed by atoms with van der Waals surface area (Å²) in [4.78, 5) is 11.4. The van der Waals surface area contributed by atoms with Crippen LogP contribution in [0.3, 0.4) is 0 Å². The zero-order chi connectivity index (χ0) is 9.68. The summed E-state index contributed by atoms with van der Waals surface area (Å²) in [5, 5.41) is 5.73. The van der Waals surface area contributed by atoms with Crippen LogP contribution in [0.1, 0.15) is 17.3 Å². The van der Waals surface area contributed by atoms with Crippen molar-refractivity contribution >= 4 is 11.6 Å². The molecule has 3 nitrogen and oxygen atoms in total. The van der Waals surface area contributed by atoms with E-state index in [0.29, 0.717) is 5.56 Å².